The number of aromatic amines is 1. The standard InChI is InChI=1S/C25H23F3N6OS/c1-13-4-3-5-19-17(8-14(2)22(13)19)11-21(35)30-24-29-12-18(36-24)9-15-6-7-16(23-31-33-34-32-23)10-20(15)25(26,27)28/h3-7,10,12,14,17H,8-9,11H2,1-2H3,(H,29,30,35)(H,31,32,33,34). The minimum absolute atomic E-state index is 0.0295. The number of aryl methyl sites for hydroxylation is 1. The number of H-pyrrole nitrogens is 1. The first-order chi connectivity index (χ1) is 17.2. The van der Waals surface area contributed by atoms with Crippen LogP contribution < -0.4 is 5.32 Å². The number of hydrogen-bond donors (Lipinski definition) is 2. The second-order valence-electron chi connectivity index (χ2n) is 9.08. The SMILES string of the molecule is Cc1cccc2c1C(C)CC2CC(=O)Nc1ncc(Cc2ccc(-c3nn[nH]n3)cc2C(F)(F)F)s1. The summed E-state index contributed by atoms with van der Waals surface area (Å²) in [5.41, 5.74) is 3.35. The molecule has 0 fully saturated rings. The number of carbonyl (C=O) groups is 1. The predicted molar refractivity (Wildman–Crippen MR) is 130 cm³/mol. The van der Waals surface area contributed by atoms with Gasteiger partial charge in [0.25, 0.3) is 0 Å². The molecule has 0 aliphatic heterocycles. The molecular weight excluding hydrogens is 489 g/mol. The van der Waals surface area contributed by atoms with Crippen molar-refractivity contribution in [2.75, 3.05) is 5.32 Å². The van der Waals surface area contributed by atoms with Gasteiger partial charge in [0, 0.05) is 29.5 Å². The Labute approximate surface area is 209 Å². The van der Waals surface area contributed by atoms with E-state index in [-0.39, 0.29) is 35.2 Å². The lowest BCUT2D eigenvalue weighted by atomic mass is 9.96. The third-order valence-electron chi connectivity index (χ3n) is 6.54. The summed E-state index contributed by atoms with van der Waals surface area (Å²) in [5, 5.41) is 16.3. The molecule has 2 aromatic carbocycles. The van der Waals surface area contributed by atoms with E-state index in [0.717, 1.165) is 12.5 Å². The Morgan fingerprint density at radius 3 is 2.83 bits per heavy atom. The number of halogens is 3. The zero-order chi connectivity index (χ0) is 25.4. The third-order valence-corrected chi connectivity index (χ3v) is 7.46. The number of rotatable bonds is 6. The summed E-state index contributed by atoms with van der Waals surface area (Å²) in [7, 11) is 0. The molecule has 0 spiro atoms. The lowest BCUT2D eigenvalue weighted by Gasteiger charge is -2.13. The molecule has 0 saturated carbocycles. The molecule has 186 valence electrons. The van der Waals surface area contributed by atoms with Gasteiger partial charge < -0.3 is 5.32 Å². The van der Waals surface area contributed by atoms with E-state index in [9.17, 15) is 18.0 Å². The molecular formula is C25H23F3N6OS. The molecule has 36 heavy (non-hydrogen) atoms. The lowest BCUT2D eigenvalue weighted by molar-refractivity contribution is -0.138. The summed E-state index contributed by atoms with van der Waals surface area (Å²) in [6, 6.07) is 10.2. The number of thiazole rings is 1. The van der Waals surface area contributed by atoms with Gasteiger partial charge in [-0.05, 0) is 58.7 Å². The van der Waals surface area contributed by atoms with Crippen LogP contribution in [0.25, 0.3) is 11.4 Å². The molecule has 1 aliphatic carbocycles. The van der Waals surface area contributed by atoms with Crippen molar-refractivity contribution < 1.29 is 18.0 Å². The number of anilines is 1. The number of alkyl halides is 3. The van der Waals surface area contributed by atoms with Gasteiger partial charge in [0.15, 0.2) is 5.13 Å². The van der Waals surface area contributed by atoms with Crippen LogP contribution in [0, 0.1) is 6.92 Å². The predicted octanol–water partition coefficient (Wildman–Crippen LogP) is 5.86. The van der Waals surface area contributed by atoms with Crippen LogP contribution in [0.3, 0.4) is 0 Å². The maximum Gasteiger partial charge on any atom is 0.416 e. The number of nitrogens with zero attached hydrogens (tertiary/aromatic N) is 4. The summed E-state index contributed by atoms with van der Waals surface area (Å²) in [4.78, 5) is 17.6. The van der Waals surface area contributed by atoms with E-state index in [1.165, 1.54) is 46.4 Å². The topological polar surface area (TPSA) is 96.5 Å². The van der Waals surface area contributed by atoms with E-state index >= 15 is 0 Å². The molecule has 2 atom stereocenters. The van der Waals surface area contributed by atoms with E-state index in [4.69, 9.17) is 0 Å². The van der Waals surface area contributed by atoms with E-state index in [0.29, 0.717) is 22.3 Å². The van der Waals surface area contributed by atoms with Gasteiger partial charge in [-0.2, -0.15) is 18.4 Å². The highest BCUT2D eigenvalue weighted by molar-refractivity contribution is 7.15. The minimum Gasteiger partial charge on any atom is -0.302 e. The third kappa shape index (κ3) is 4.88. The van der Waals surface area contributed by atoms with Crippen LogP contribution >= 0.6 is 11.3 Å². The molecule has 2 aromatic heterocycles. The number of benzene rings is 2. The zero-order valence-electron chi connectivity index (χ0n) is 19.6. The van der Waals surface area contributed by atoms with Crippen LogP contribution in [0.5, 0.6) is 0 Å². The van der Waals surface area contributed by atoms with Crippen LogP contribution in [-0.4, -0.2) is 31.5 Å². The molecule has 0 radical (unpaired) electrons. The maximum atomic E-state index is 13.8. The van der Waals surface area contributed by atoms with Crippen LogP contribution in [-0.2, 0) is 17.4 Å². The van der Waals surface area contributed by atoms with E-state index in [1.807, 2.05) is 6.07 Å². The Kier molecular flexibility index (Phi) is 6.33. The fourth-order valence-electron chi connectivity index (χ4n) is 5.04. The number of hydrogen-bond acceptors (Lipinski definition) is 6. The van der Waals surface area contributed by atoms with Crippen molar-refractivity contribution in [1.82, 2.24) is 25.6 Å². The largest absolute Gasteiger partial charge is 0.416 e. The minimum atomic E-state index is -4.55. The molecule has 1 amide bonds. The molecule has 11 heteroatoms. The lowest BCUT2D eigenvalue weighted by Crippen LogP contribution is -2.14. The Morgan fingerprint density at radius 2 is 2.08 bits per heavy atom. The first kappa shape index (κ1) is 24.1. The van der Waals surface area contributed by atoms with Crippen LogP contribution in [0.15, 0.2) is 42.6 Å². The molecule has 2 N–H and O–H groups in total. The molecule has 2 heterocycles. The quantitative estimate of drug-likeness (QED) is 0.337. The normalized spacial score (nSPS) is 17.2. The maximum absolute atomic E-state index is 13.8. The Hall–Kier alpha value is -3.60. The highest BCUT2D eigenvalue weighted by atomic mass is 32.1. The van der Waals surface area contributed by atoms with Crippen LogP contribution in [0.2, 0.25) is 0 Å². The molecule has 0 bridgehead atoms. The highest BCUT2D eigenvalue weighted by Crippen LogP contribution is 2.44. The van der Waals surface area contributed by atoms with Crippen LogP contribution in [0.4, 0.5) is 18.3 Å². The monoisotopic (exact) mass is 512 g/mol. The van der Waals surface area contributed by atoms with Crippen molar-refractivity contribution >= 4 is 22.4 Å². The van der Waals surface area contributed by atoms with Crippen LogP contribution in [0.1, 0.15) is 64.3 Å². The van der Waals surface area contributed by atoms with Gasteiger partial charge >= 0.3 is 6.18 Å². The number of carbonyl (C=O) groups excluding carboxylic acids is 1. The van der Waals surface area contributed by atoms with Gasteiger partial charge in [-0.1, -0.05) is 37.3 Å². The van der Waals surface area contributed by atoms with E-state index in [1.54, 1.807) is 0 Å². The van der Waals surface area contributed by atoms with Gasteiger partial charge in [-0.3, -0.25) is 4.79 Å². The van der Waals surface area contributed by atoms with Gasteiger partial charge in [0.2, 0.25) is 11.7 Å². The Morgan fingerprint density at radius 1 is 1.25 bits per heavy atom. The first-order valence-corrected chi connectivity index (χ1v) is 12.3. The second-order valence-corrected chi connectivity index (χ2v) is 10.2. The van der Waals surface area contributed by atoms with Crippen molar-refractivity contribution in [2.45, 2.75) is 51.1 Å². The number of nitrogens with one attached hydrogen (secondary N) is 2. The van der Waals surface area contributed by atoms with Crippen molar-refractivity contribution in [3.05, 3.63) is 75.3 Å². The Bertz CT molecular complexity index is 1400. The number of aromatic nitrogens is 5. The van der Waals surface area contributed by atoms with Gasteiger partial charge in [0.1, 0.15) is 0 Å². The molecule has 2 unspecified atom stereocenters. The van der Waals surface area contributed by atoms with E-state index < -0.39 is 11.7 Å². The molecule has 1 aliphatic rings. The number of fused-ring (bicyclic) bond motifs is 1. The fourth-order valence-corrected chi connectivity index (χ4v) is 5.90. The Balaban J connectivity index is 1.28. The number of amides is 1. The van der Waals surface area contributed by atoms with Crippen molar-refractivity contribution in [3.63, 3.8) is 0 Å². The smallest absolute Gasteiger partial charge is 0.302 e. The summed E-state index contributed by atoms with van der Waals surface area (Å²) < 4.78 is 41.3. The summed E-state index contributed by atoms with van der Waals surface area (Å²) in [6.07, 6.45) is -1.77. The second kappa shape index (κ2) is 9.45. The fraction of sp³-hybridized carbons (Fsp3) is 0.320. The summed E-state index contributed by atoms with van der Waals surface area (Å²) in [5.74, 6) is 0.480. The highest BCUT2D eigenvalue weighted by Gasteiger charge is 2.34. The van der Waals surface area contributed by atoms with Crippen molar-refractivity contribution in [2.24, 2.45) is 0 Å². The molecule has 5 rings (SSSR count). The first-order valence-electron chi connectivity index (χ1n) is 11.5. The zero-order valence-corrected chi connectivity index (χ0v) is 20.4. The van der Waals surface area contributed by atoms with Crippen molar-refractivity contribution in [3.8, 4) is 11.4 Å². The number of tetrazole rings is 1. The average Bonchev–Trinajstić information content (AvgIpc) is 3.56. The van der Waals surface area contributed by atoms with Gasteiger partial charge in [0.05, 0.1) is 5.56 Å². The van der Waals surface area contributed by atoms with E-state index in [2.05, 4.69) is 56.9 Å². The summed E-state index contributed by atoms with van der Waals surface area (Å²) >= 11 is 1.17. The van der Waals surface area contributed by atoms with Gasteiger partial charge in [-0.25, -0.2) is 4.98 Å². The molecule has 4 aromatic rings. The molecule has 7 nitrogen and oxygen atoms in total. The summed E-state index contributed by atoms with van der Waals surface area (Å²) in [6.45, 7) is 4.28. The van der Waals surface area contributed by atoms with Gasteiger partial charge in [-0.15, -0.1) is 21.5 Å². The van der Waals surface area contributed by atoms with Crippen molar-refractivity contribution in [1.29, 1.82) is 0 Å². The average molecular weight is 513 g/mol. The molecule has 0 saturated heterocycles.